The maximum absolute atomic E-state index is 10.6. The van der Waals surface area contributed by atoms with E-state index in [1.165, 1.54) is 6.07 Å². The van der Waals surface area contributed by atoms with Gasteiger partial charge >= 0.3 is 5.97 Å². The quantitative estimate of drug-likeness (QED) is 0.623. The molecule has 2 N–H and O–H groups in total. The molecular formula is C11H12BrNO3. The van der Waals surface area contributed by atoms with E-state index in [1.54, 1.807) is 0 Å². The molecule has 0 bridgehead atoms. The summed E-state index contributed by atoms with van der Waals surface area (Å²) in [5, 5.41) is 11.7. The summed E-state index contributed by atoms with van der Waals surface area (Å²) in [6, 6.07) is 1.42. The second kappa shape index (κ2) is 6.23. The summed E-state index contributed by atoms with van der Waals surface area (Å²) >= 11 is 3.22. The minimum absolute atomic E-state index is 0.0852. The highest BCUT2D eigenvalue weighted by Gasteiger charge is 2.13. The van der Waals surface area contributed by atoms with E-state index in [2.05, 4.69) is 27.2 Å². The molecule has 0 unspecified atom stereocenters. The molecule has 0 fully saturated rings. The Hall–Kier alpha value is -1.41. The number of unbranched alkanes of at least 4 members (excludes halogenated alkanes) is 2. The summed E-state index contributed by atoms with van der Waals surface area (Å²) < 4.78 is 5.70. The van der Waals surface area contributed by atoms with Crippen LogP contribution in [0.5, 0.6) is 0 Å². The second-order valence-electron chi connectivity index (χ2n) is 3.18. The van der Waals surface area contributed by atoms with Crippen LogP contribution in [0.2, 0.25) is 0 Å². The van der Waals surface area contributed by atoms with Crippen LogP contribution in [0.3, 0.4) is 0 Å². The maximum Gasteiger partial charge on any atom is 0.371 e. The average molecular weight is 286 g/mol. The number of carboxylic acid groups (broad SMARTS) is 1. The standard InChI is InChI=1S/C11H12BrNO3/c1-2-3-4-5-6-13-10-8(12)7-9(16-10)11(14)15/h1,7,13H,3-6H2,(H,14,15). The zero-order chi connectivity index (χ0) is 12.0. The van der Waals surface area contributed by atoms with Crippen molar-refractivity contribution in [1.29, 1.82) is 0 Å². The van der Waals surface area contributed by atoms with Gasteiger partial charge in [0.25, 0.3) is 0 Å². The van der Waals surface area contributed by atoms with Gasteiger partial charge < -0.3 is 14.8 Å². The summed E-state index contributed by atoms with van der Waals surface area (Å²) in [5.74, 6) is 1.83. The SMILES string of the molecule is C#CCCCCNc1oc(C(=O)O)cc1Br. The Balaban J connectivity index is 2.42. The van der Waals surface area contributed by atoms with Crippen molar-refractivity contribution in [3.63, 3.8) is 0 Å². The Labute approximate surface area is 102 Å². The summed E-state index contributed by atoms with van der Waals surface area (Å²) in [7, 11) is 0. The first-order chi connectivity index (χ1) is 7.65. The highest BCUT2D eigenvalue weighted by molar-refractivity contribution is 9.10. The molecule has 0 saturated heterocycles. The molecule has 4 nitrogen and oxygen atoms in total. The van der Waals surface area contributed by atoms with Gasteiger partial charge in [0, 0.05) is 19.0 Å². The van der Waals surface area contributed by atoms with Crippen LogP contribution in [0.25, 0.3) is 0 Å². The lowest BCUT2D eigenvalue weighted by atomic mass is 10.2. The number of nitrogens with one attached hydrogen (secondary N) is 1. The van der Waals surface area contributed by atoms with Crippen LogP contribution in [-0.2, 0) is 0 Å². The molecule has 0 spiro atoms. The number of anilines is 1. The molecule has 1 rings (SSSR count). The smallest absolute Gasteiger partial charge is 0.371 e. The van der Waals surface area contributed by atoms with E-state index in [4.69, 9.17) is 15.9 Å². The monoisotopic (exact) mass is 285 g/mol. The van der Waals surface area contributed by atoms with E-state index < -0.39 is 5.97 Å². The molecule has 0 saturated carbocycles. The zero-order valence-electron chi connectivity index (χ0n) is 8.62. The Morgan fingerprint density at radius 3 is 2.94 bits per heavy atom. The van der Waals surface area contributed by atoms with Crippen LogP contribution >= 0.6 is 15.9 Å². The van der Waals surface area contributed by atoms with Crippen molar-refractivity contribution in [2.24, 2.45) is 0 Å². The molecule has 1 aromatic rings. The minimum Gasteiger partial charge on any atom is -0.475 e. The van der Waals surface area contributed by atoms with Crippen LogP contribution in [-0.4, -0.2) is 17.6 Å². The third-order valence-electron chi connectivity index (χ3n) is 1.93. The Morgan fingerprint density at radius 1 is 1.62 bits per heavy atom. The van der Waals surface area contributed by atoms with Gasteiger partial charge in [-0.15, -0.1) is 12.3 Å². The number of furan rings is 1. The van der Waals surface area contributed by atoms with Crippen molar-refractivity contribution in [3.8, 4) is 12.3 Å². The first-order valence-electron chi connectivity index (χ1n) is 4.85. The first kappa shape index (κ1) is 12.7. The summed E-state index contributed by atoms with van der Waals surface area (Å²) in [6.45, 7) is 0.701. The van der Waals surface area contributed by atoms with Gasteiger partial charge in [-0.25, -0.2) is 4.79 Å². The van der Waals surface area contributed by atoms with Gasteiger partial charge in [-0.1, -0.05) is 0 Å². The van der Waals surface area contributed by atoms with Crippen molar-refractivity contribution in [2.75, 3.05) is 11.9 Å². The molecule has 0 atom stereocenters. The zero-order valence-corrected chi connectivity index (χ0v) is 10.2. The summed E-state index contributed by atoms with van der Waals surface area (Å²) in [6.07, 6.45) is 7.73. The van der Waals surface area contributed by atoms with E-state index in [-0.39, 0.29) is 5.76 Å². The molecule has 0 aliphatic heterocycles. The Bertz CT molecular complexity index is 406. The van der Waals surface area contributed by atoms with Crippen molar-refractivity contribution < 1.29 is 14.3 Å². The molecule has 5 heteroatoms. The lowest BCUT2D eigenvalue weighted by Gasteiger charge is -2.01. The molecule has 0 radical (unpaired) electrons. The van der Waals surface area contributed by atoms with Gasteiger partial charge in [0.05, 0.1) is 4.47 Å². The van der Waals surface area contributed by atoms with Crippen molar-refractivity contribution in [2.45, 2.75) is 19.3 Å². The van der Waals surface area contributed by atoms with E-state index >= 15 is 0 Å². The van der Waals surface area contributed by atoms with Gasteiger partial charge in [-0.05, 0) is 28.8 Å². The van der Waals surface area contributed by atoms with Gasteiger partial charge in [0.2, 0.25) is 11.6 Å². The largest absolute Gasteiger partial charge is 0.475 e. The topological polar surface area (TPSA) is 62.5 Å². The fourth-order valence-electron chi connectivity index (χ4n) is 1.15. The molecule has 0 aliphatic rings. The number of terminal acetylenes is 1. The molecule has 86 valence electrons. The fraction of sp³-hybridized carbons (Fsp3) is 0.364. The molecule has 0 amide bonds. The molecule has 1 heterocycles. The maximum atomic E-state index is 10.6. The number of carbonyl (C=O) groups is 1. The van der Waals surface area contributed by atoms with Crippen LogP contribution in [0.1, 0.15) is 29.8 Å². The average Bonchev–Trinajstić information content (AvgIpc) is 2.60. The third-order valence-corrected chi connectivity index (χ3v) is 2.52. The van der Waals surface area contributed by atoms with Gasteiger partial charge in [0.15, 0.2) is 0 Å². The van der Waals surface area contributed by atoms with E-state index in [0.717, 1.165) is 19.3 Å². The highest BCUT2D eigenvalue weighted by Crippen LogP contribution is 2.26. The number of halogens is 1. The van der Waals surface area contributed by atoms with Gasteiger partial charge in [-0.2, -0.15) is 0 Å². The number of rotatable bonds is 6. The van der Waals surface area contributed by atoms with Crippen LogP contribution in [0, 0.1) is 12.3 Å². The predicted molar refractivity (Wildman–Crippen MR) is 64.5 cm³/mol. The van der Waals surface area contributed by atoms with Gasteiger partial charge in [0.1, 0.15) is 0 Å². The Morgan fingerprint density at radius 2 is 2.38 bits per heavy atom. The van der Waals surface area contributed by atoms with Crippen LogP contribution in [0.4, 0.5) is 5.88 Å². The van der Waals surface area contributed by atoms with E-state index in [1.807, 2.05) is 0 Å². The molecule has 16 heavy (non-hydrogen) atoms. The van der Waals surface area contributed by atoms with Crippen LogP contribution < -0.4 is 5.32 Å². The van der Waals surface area contributed by atoms with E-state index in [9.17, 15) is 4.79 Å². The molecule has 0 aliphatic carbocycles. The highest BCUT2D eigenvalue weighted by atomic mass is 79.9. The van der Waals surface area contributed by atoms with Gasteiger partial charge in [-0.3, -0.25) is 0 Å². The van der Waals surface area contributed by atoms with E-state index in [0.29, 0.717) is 16.9 Å². The molecular weight excluding hydrogens is 274 g/mol. The number of aromatic carboxylic acids is 1. The number of hydrogen-bond donors (Lipinski definition) is 2. The Kier molecular flexibility index (Phi) is 4.93. The second-order valence-corrected chi connectivity index (χ2v) is 4.04. The first-order valence-corrected chi connectivity index (χ1v) is 5.64. The normalized spacial score (nSPS) is 9.75. The molecule has 0 aromatic carbocycles. The van der Waals surface area contributed by atoms with Crippen molar-refractivity contribution >= 4 is 27.8 Å². The third kappa shape index (κ3) is 3.63. The van der Waals surface area contributed by atoms with Crippen molar-refractivity contribution in [3.05, 3.63) is 16.3 Å². The fourth-order valence-corrected chi connectivity index (χ4v) is 1.58. The molecule has 1 aromatic heterocycles. The lowest BCUT2D eigenvalue weighted by Crippen LogP contribution is -2.00. The summed E-state index contributed by atoms with van der Waals surface area (Å²) in [4.78, 5) is 10.6. The van der Waals surface area contributed by atoms with Crippen LogP contribution in [0.15, 0.2) is 15.0 Å². The number of hydrogen-bond acceptors (Lipinski definition) is 3. The minimum atomic E-state index is -1.08. The summed E-state index contributed by atoms with van der Waals surface area (Å²) in [5.41, 5.74) is 0. The predicted octanol–water partition coefficient (Wildman–Crippen LogP) is 2.96. The number of carboxylic acids is 1. The lowest BCUT2D eigenvalue weighted by molar-refractivity contribution is 0.0663. The van der Waals surface area contributed by atoms with Crippen molar-refractivity contribution in [1.82, 2.24) is 0 Å².